The Kier molecular flexibility index (Phi) is 5.22. The zero-order valence-electron chi connectivity index (χ0n) is 18.4. The number of rotatable bonds is 5. The Hall–Kier alpha value is -4.13. The Morgan fingerprint density at radius 3 is 2.91 bits per heavy atom. The lowest BCUT2D eigenvalue weighted by atomic mass is 10.1. The first-order valence-corrected chi connectivity index (χ1v) is 11.3. The Bertz CT molecular complexity index is 1410. The number of ether oxygens (including phenoxy) is 1. The first-order valence-electron chi connectivity index (χ1n) is 11.3. The van der Waals surface area contributed by atoms with Gasteiger partial charge >= 0.3 is 0 Å². The second-order valence-corrected chi connectivity index (χ2v) is 8.34. The summed E-state index contributed by atoms with van der Waals surface area (Å²) in [5, 5.41) is 0.880. The van der Waals surface area contributed by atoms with Gasteiger partial charge < -0.3 is 9.64 Å². The number of anilines is 2. The highest BCUT2D eigenvalue weighted by Crippen LogP contribution is 2.39. The summed E-state index contributed by atoms with van der Waals surface area (Å²) in [6, 6.07) is 14.6. The van der Waals surface area contributed by atoms with Crippen LogP contribution in [-0.2, 0) is 6.42 Å². The van der Waals surface area contributed by atoms with Crippen molar-refractivity contribution >= 4 is 28.6 Å². The van der Waals surface area contributed by atoms with Crippen molar-refractivity contribution in [1.29, 1.82) is 0 Å². The molecule has 0 saturated heterocycles. The SMILES string of the molecule is Fc1ccc2c(c1)CCN2c1nc(-c2cccnc2)nc2ccc(OCC3C=CCC=N3)cc12. The minimum absolute atomic E-state index is 0.0217. The zero-order chi connectivity index (χ0) is 22.9. The molecule has 0 radical (unpaired) electrons. The average Bonchev–Trinajstić information content (AvgIpc) is 3.30. The van der Waals surface area contributed by atoms with Crippen LogP contribution < -0.4 is 9.64 Å². The molecule has 1 atom stereocenters. The number of allylic oxidation sites excluding steroid dienone is 1. The molecule has 0 amide bonds. The van der Waals surface area contributed by atoms with Gasteiger partial charge in [0, 0.05) is 48.2 Å². The van der Waals surface area contributed by atoms with E-state index in [0.717, 1.165) is 52.1 Å². The molecule has 7 heteroatoms. The van der Waals surface area contributed by atoms with E-state index in [1.54, 1.807) is 18.5 Å². The Labute approximate surface area is 196 Å². The lowest BCUT2D eigenvalue weighted by molar-refractivity contribution is 0.307. The van der Waals surface area contributed by atoms with E-state index in [2.05, 4.69) is 27.0 Å². The van der Waals surface area contributed by atoms with E-state index >= 15 is 0 Å². The van der Waals surface area contributed by atoms with Gasteiger partial charge in [0.2, 0.25) is 0 Å². The summed E-state index contributed by atoms with van der Waals surface area (Å²) in [6.45, 7) is 1.18. The number of fused-ring (bicyclic) bond motifs is 2. The normalized spacial score (nSPS) is 16.7. The third-order valence-corrected chi connectivity index (χ3v) is 6.08. The minimum Gasteiger partial charge on any atom is -0.491 e. The lowest BCUT2D eigenvalue weighted by Gasteiger charge is -2.21. The second kappa shape index (κ2) is 8.67. The van der Waals surface area contributed by atoms with Gasteiger partial charge in [-0.1, -0.05) is 12.2 Å². The number of dihydropyridines is 1. The largest absolute Gasteiger partial charge is 0.491 e. The fourth-order valence-electron chi connectivity index (χ4n) is 4.42. The highest BCUT2D eigenvalue weighted by molar-refractivity contribution is 5.94. The molecule has 1 unspecified atom stereocenters. The predicted molar refractivity (Wildman–Crippen MR) is 131 cm³/mol. The number of aliphatic imine (C=N–C) groups is 1. The highest BCUT2D eigenvalue weighted by Gasteiger charge is 2.25. The van der Waals surface area contributed by atoms with Crippen LogP contribution in [0.5, 0.6) is 5.75 Å². The van der Waals surface area contributed by atoms with Gasteiger partial charge in [0.05, 0.1) is 5.52 Å². The summed E-state index contributed by atoms with van der Waals surface area (Å²) < 4.78 is 19.9. The number of pyridine rings is 1. The van der Waals surface area contributed by atoms with Gasteiger partial charge in [-0.3, -0.25) is 9.98 Å². The fourth-order valence-corrected chi connectivity index (χ4v) is 4.42. The number of benzene rings is 2. The number of hydrogen-bond acceptors (Lipinski definition) is 6. The summed E-state index contributed by atoms with van der Waals surface area (Å²) >= 11 is 0. The summed E-state index contributed by atoms with van der Waals surface area (Å²) in [4.78, 5) is 20.6. The van der Waals surface area contributed by atoms with Gasteiger partial charge in [-0.15, -0.1) is 0 Å². The van der Waals surface area contributed by atoms with Gasteiger partial charge in [0.1, 0.15) is 30.0 Å². The third kappa shape index (κ3) is 3.90. The smallest absolute Gasteiger partial charge is 0.163 e. The summed E-state index contributed by atoms with van der Waals surface area (Å²) in [5.74, 6) is 1.88. The van der Waals surface area contributed by atoms with Crippen LogP contribution in [0.3, 0.4) is 0 Å². The topological polar surface area (TPSA) is 63.5 Å². The van der Waals surface area contributed by atoms with Crippen LogP contribution in [0.4, 0.5) is 15.9 Å². The molecular weight excluding hydrogens is 429 g/mol. The van der Waals surface area contributed by atoms with Crippen molar-refractivity contribution in [3.63, 3.8) is 0 Å². The first-order chi connectivity index (χ1) is 16.7. The zero-order valence-corrected chi connectivity index (χ0v) is 18.4. The van der Waals surface area contributed by atoms with Crippen LogP contribution in [0, 0.1) is 5.82 Å². The van der Waals surface area contributed by atoms with Crippen LogP contribution in [-0.4, -0.2) is 40.4 Å². The molecule has 168 valence electrons. The molecule has 0 fully saturated rings. The van der Waals surface area contributed by atoms with E-state index in [0.29, 0.717) is 19.0 Å². The molecule has 6 rings (SSSR count). The van der Waals surface area contributed by atoms with Gasteiger partial charge in [-0.05, 0) is 60.5 Å². The van der Waals surface area contributed by atoms with E-state index < -0.39 is 0 Å². The Balaban J connectivity index is 1.44. The molecule has 34 heavy (non-hydrogen) atoms. The standard InChI is InChI=1S/C27H22FN5O/c28-20-6-9-25-18(14-20)10-13-33(25)27-23-15-22(34-17-21-5-1-2-12-30-21)7-8-24(23)31-26(32-27)19-4-3-11-29-16-19/h1,3-9,11-12,14-16,21H,2,10,13,17H2. The molecule has 2 aliphatic rings. The van der Waals surface area contributed by atoms with Gasteiger partial charge in [-0.2, -0.15) is 0 Å². The monoisotopic (exact) mass is 451 g/mol. The average molecular weight is 452 g/mol. The van der Waals surface area contributed by atoms with E-state index in [1.807, 2.05) is 42.6 Å². The molecule has 0 N–H and O–H groups in total. The molecule has 4 heterocycles. The van der Waals surface area contributed by atoms with Crippen LogP contribution in [0.25, 0.3) is 22.3 Å². The van der Waals surface area contributed by atoms with Crippen molar-refractivity contribution in [3.05, 3.63) is 84.5 Å². The maximum atomic E-state index is 13.8. The summed E-state index contributed by atoms with van der Waals surface area (Å²) in [7, 11) is 0. The summed E-state index contributed by atoms with van der Waals surface area (Å²) in [5.41, 5.74) is 3.59. The minimum atomic E-state index is -0.223. The third-order valence-electron chi connectivity index (χ3n) is 6.08. The molecule has 0 bridgehead atoms. The second-order valence-electron chi connectivity index (χ2n) is 8.34. The van der Waals surface area contributed by atoms with Crippen LogP contribution in [0.2, 0.25) is 0 Å². The van der Waals surface area contributed by atoms with Crippen molar-refractivity contribution in [2.45, 2.75) is 18.9 Å². The van der Waals surface area contributed by atoms with Crippen molar-refractivity contribution in [1.82, 2.24) is 15.0 Å². The first kappa shape index (κ1) is 20.5. The molecule has 4 aromatic rings. The Morgan fingerprint density at radius 2 is 2.06 bits per heavy atom. The van der Waals surface area contributed by atoms with Crippen LogP contribution >= 0.6 is 0 Å². The molecule has 6 nitrogen and oxygen atoms in total. The van der Waals surface area contributed by atoms with E-state index in [1.165, 1.54) is 6.07 Å². The molecule has 0 saturated carbocycles. The maximum Gasteiger partial charge on any atom is 0.163 e. The predicted octanol–water partition coefficient (Wildman–Crippen LogP) is 5.30. The quantitative estimate of drug-likeness (QED) is 0.385. The van der Waals surface area contributed by atoms with Crippen LogP contribution in [0.15, 0.2) is 78.1 Å². The van der Waals surface area contributed by atoms with Gasteiger partial charge in [-0.25, -0.2) is 14.4 Å². The number of hydrogen-bond donors (Lipinski definition) is 0. The van der Waals surface area contributed by atoms with Crippen molar-refractivity contribution < 1.29 is 9.13 Å². The molecule has 2 aromatic carbocycles. The lowest BCUT2D eigenvalue weighted by Crippen LogP contribution is -2.17. The summed E-state index contributed by atoms with van der Waals surface area (Å²) in [6.07, 6.45) is 11.2. The molecule has 0 spiro atoms. The molecule has 2 aromatic heterocycles. The van der Waals surface area contributed by atoms with E-state index in [9.17, 15) is 4.39 Å². The number of nitrogens with zero attached hydrogens (tertiary/aromatic N) is 5. The van der Waals surface area contributed by atoms with Crippen molar-refractivity contribution in [2.75, 3.05) is 18.1 Å². The highest BCUT2D eigenvalue weighted by atomic mass is 19.1. The molecule has 0 aliphatic carbocycles. The van der Waals surface area contributed by atoms with Gasteiger partial charge in [0.25, 0.3) is 0 Å². The number of aromatic nitrogens is 3. The maximum absolute atomic E-state index is 13.8. The fraction of sp³-hybridized carbons (Fsp3) is 0.185. The Morgan fingerprint density at radius 1 is 1.09 bits per heavy atom. The van der Waals surface area contributed by atoms with Crippen molar-refractivity contribution in [2.24, 2.45) is 4.99 Å². The molecule has 2 aliphatic heterocycles. The van der Waals surface area contributed by atoms with Gasteiger partial charge in [0.15, 0.2) is 5.82 Å². The van der Waals surface area contributed by atoms with Crippen LogP contribution in [0.1, 0.15) is 12.0 Å². The van der Waals surface area contributed by atoms with Crippen molar-refractivity contribution in [3.8, 4) is 17.1 Å². The van der Waals surface area contributed by atoms with E-state index in [4.69, 9.17) is 14.7 Å². The molecular formula is C27H22FN5O. The van der Waals surface area contributed by atoms with E-state index in [-0.39, 0.29) is 11.9 Å². The number of halogens is 1.